The van der Waals surface area contributed by atoms with Crippen LogP contribution in [0.15, 0.2) is 30.9 Å². The van der Waals surface area contributed by atoms with Gasteiger partial charge in [-0.25, -0.2) is 4.79 Å². The molecule has 1 atom stereocenters. The van der Waals surface area contributed by atoms with E-state index in [1.54, 1.807) is 18.2 Å². The van der Waals surface area contributed by atoms with E-state index in [0.29, 0.717) is 17.2 Å². The van der Waals surface area contributed by atoms with Gasteiger partial charge in [0.25, 0.3) is 0 Å². The lowest BCUT2D eigenvalue weighted by Crippen LogP contribution is -2.42. The topological polar surface area (TPSA) is 91.0 Å². The van der Waals surface area contributed by atoms with Gasteiger partial charge in [-0.05, 0) is 19.1 Å². The number of carbonyl (C=O) groups excluding carboxylic acids is 1. The number of benzene rings is 1. The van der Waals surface area contributed by atoms with E-state index in [0.717, 1.165) is 0 Å². The highest BCUT2D eigenvalue weighted by molar-refractivity contribution is 5.79. The number of hydrogen-bond donors (Lipinski definition) is 2. The van der Waals surface area contributed by atoms with Gasteiger partial charge in [-0.2, -0.15) is 0 Å². The van der Waals surface area contributed by atoms with Gasteiger partial charge in [-0.15, -0.1) is 0 Å². The fraction of sp³-hybridized carbons (Fsp3) is 0.357. The van der Waals surface area contributed by atoms with Crippen molar-refractivity contribution < 1.29 is 24.1 Å². The van der Waals surface area contributed by atoms with Crippen LogP contribution in [0, 0.1) is 0 Å². The Balaban J connectivity index is 2.70. The monoisotopic (exact) mass is 281 g/mol. The Bertz CT molecular complexity index is 484. The summed E-state index contributed by atoms with van der Waals surface area (Å²) in [5.74, 6) is 0.00515. The average molecular weight is 281 g/mol. The molecule has 0 bridgehead atoms. The molecule has 1 aromatic rings. The molecule has 0 aromatic heterocycles. The van der Waals surface area contributed by atoms with Crippen LogP contribution in [0.5, 0.6) is 11.5 Å². The van der Waals surface area contributed by atoms with E-state index in [1.807, 2.05) is 0 Å². The molecule has 1 rings (SSSR count). The maximum atomic E-state index is 11.6. The van der Waals surface area contributed by atoms with E-state index in [9.17, 15) is 9.90 Å². The maximum Gasteiger partial charge on any atom is 0.341 e. The number of rotatable bonds is 7. The molecule has 0 spiro atoms. The lowest BCUT2D eigenvalue weighted by atomic mass is 10.1. The van der Waals surface area contributed by atoms with Crippen molar-refractivity contribution >= 4 is 11.7 Å². The number of carbonyl (C=O) groups is 1. The average Bonchev–Trinajstić information content (AvgIpc) is 2.43. The first-order valence-electron chi connectivity index (χ1n) is 5.97. The highest BCUT2D eigenvalue weighted by atomic mass is 16.6. The zero-order valence-electron chi connectivity index (χ0n) is 11.6. The normalized spacial score (nSPS) is 13.2. The number of anilines is 1. The van der Waals surface area contributed by atoms with Crippen molar-refractivity contribution in [1.82, 2.24) is 0 Å². The minimum Gasteiger partial charge on any atom is -0.493 e. The lowest BCUT2D eigenvalue weighted by Gasteiger charge is -2.22. The second kappa shape index (κ2) is 6.81. The molecule has 0 fully saturated rings. The van der Waals surface area contributed by atoms with Gasteiger partial charge in [-0.3, -0.25) is 0 Å². The third-order valence-electron chi connectivity index (χ3n) is 2.47. The Morgan fingerprint density at radius 3 is 2.80 bits per heavy atom. The third kappa shape index (κ3) is 4.17. The van der Waals surface area contributed by atoms with Crippen LogP contribution in [0.2, 0.25) is 0 Å². The van der Waals surface area contributed by atoms with Crippen molar-refractivity contribution in [2.45, 2.75) is 12.5 Å². The summed E-state index contributed by atoms with van der Waals surface area (Å²) in [6.45, 7) is 4.48. The molecule has 1 aromatic carbocycles. The smallest absolute Gasteiger partial charge is 0.341 e. The van der Waals surface area contributed by atoms with E-state index >= 15 is 0 Å². The van der Waals surface area contributed by atoms with Crippen LogP contribution in [0.1, 0.15) is 6.92 Å². The molecule has 6 nitrogen and oxygen atoms in total. The Labute approximate surface area is 117 Å². The van der Waals surface area contributed by atoms with Gasteiger partial charge in [0.15, 0.2) is 17.1 Å². The molecule has 1 unspecified atom stereocenters. The largest absolute Gasteiger partial charge is 0.493 e. The van der Waals surface area contributed by atoms with E-state index in [1.165, 1.54) is 20.1 Å². The SMILES string of the molecule is C=CCOC(=O)C(C)(O)COc1ccc(N)cc1OC. The Morgan fingerprint density at radius 2 is 2.20 bits per heavy atom. The number of ether oxygens (including phenoxy) is 3. The zero-order valence-corrected chi connectivity index (χ0v) is 11.6. The van der Waals surface area contributed by atoms with Crippen LogP contribution in [0.3, 0.4) is 0 Å². The standard InChI is InChI=1S/C14H19NO5/c1-4-7-19-13(16)14(2,17)9-20-11-6-5-10(15)8-12(11)18-3/h4-6,8,17H,1,7,9,15H2,2-3H3. The molecule has 110 valence electrons. The minimum atomic E-state index is -1.77. The first kappa shape index (κ1) is 15.8. The molecule has 0 heterocycles. The molecule has 0 saturated carbocycles. The minimum absolute atomic E-state index is 0.0280. The molecule has 0 aliphatic carbocycles. The number of nitrogens with two attached hydrogens (primary N) is 1. The molecule has 20 heavy (non-hydrogen) atoms. The molecular formula is C14H19NO5. The summed E-state index contributed by atoms with van der Waals surface area (Å²) in [6, 6.07) is 4.81. The second-order valence-electron chi connectivity index (χ2n) is 4.36. The summed E-state index contributed by atoms with van der Waals surface area (Å²) >= 11 is 0. The summed E-state index contributed by atoms with van der Waals surface area (Å²) in [7, 11) is 1.47. The van der Waals surface area contributed by atoms with Crippen LogP contribution in [0.25, 0.3) is 0 Å². The highest BCUT2D eigenvalue weighted by Gasteiger charge is 2.33. The van der Waals surface area contributed by atoms with Crippen molar-refractivity contribution in [2.24, 2.45) is 0 Å². The van der Waals surface area contributed by atoms with E-state index in [4.69, 9.17) is 19.9 Å². The lowest BCUT2D eigenvalue weighted by molar-refractivity contribution is -0.165. The predicted molar refractivity (Wildman–Crippen MR) is 74.7 cm³/mol. The van der Waals surface area contributed by atoms with E-state index < -0.39 is 11.6 Å². The van der Waals surface area contributed by atoms with Gasteiger partial charge in [-0.1, -0.05) is 12.7 Å². The number of methoxy groups -OCH3 is 1. The molecule has 0 radical (unpaired) electrons. The second-order valence-corrected chi connectivity index (χ2v) is 4.36. The van der Waals surface area contributed by atoms with Crippen LogP contribution >= 0.6 is 0 Å². The quantitative estimate of drug-likeness (QED) is 0.442. The number of aliphatic hydroxyl groups is 1. The van der Waals surface area contributed by atoms with Crippen LogP contribution < -0.4 is 15.2 Å². The predicted octanol–water partition coefficient (Wildman–Crippen LogP) is 1.14. The number of nitrogen functional groups attached to an aromatic ring is 1. The summed E-state index contributed by atoms with van der Waals surface area (Å²) in [5, 5.41) is 9.99. The molecule has 3 N–H and O–H groups in total. The zero-order chi connectivity index (χ0) is 15.2. The Morgan fingerprint density at radius 1 is 1.50 bits per heavy atom. The van der Waals surface area contributed by atoms with Crippen LogP contribution in [-0.2, 0) is 9.53 Å². The van der Waals surface area contributed by atoms with Crippen molar-refractivity contribution in [2.75, 3.05) is 26.1 Å². The summed E-state index contributed by atoms with van der Waals surface area (Å²) in [6.07, 6.45) is 1.41. The van der Waals surface area contributed by atoms with E-state index in [-0.39, 0.29) is 13.2 Å². The van der Waals surface area contributed by atoms with Gasteiger partial charge in [0.2, 0.25) is 0 Å². The van der Waals surface area contributed by atoms with Crippen molar-refractivity contribution in [1.29, 1.82) is 0 Å². The number of esters is 1. The summed E-state index contributed by atoms with van der Waals surface area (Å²) in [5.41, 5.74) is 4.37. The van der Waals surface area contributed by atoms with Gasteiger partial charge in [0, 0.05) is 11.8 Å². The van der Waals surface area contributed by atoms with E-state index in [2.05, 4.69) is 6.58 Å². The fourth-order valence-corrected chi connectivity index (χ4v) is 1.37. The summed E-state index contributed by atoms with van der Waals surface area (Å²) in [4.78, 5) is 11.6. The van der Waals surface area contributed by atoms with Crippen LogP contribution in [0.4, 0.5) is 5.69 Å². The maximum absolute atomic E-state index is 11.6. The van der Waals surface area contributed by atoms with Crippen molar-refractivity contribution in [3.63, 3.8) is 0 Å². The molecule has 0 amide bonds. The van der Waals surface area contributed by atoms with Gasteiger partial charge < -0.3 is 25.1 Å². The van der Waals surface area contributed by atoms with Gasteiger partial charge in [0.05, 0.1) is 7.11 Å². The van der Waals surface area contributed by atoms with Crippen LogP contribution in [-0.4, -0.2) is 37.0 Å². The fourth-order valence-electron chi connectivity index (χ4n) is 1.37. The number of hydrogen-bond acceptors (Lipinski definition) is 6. The molecule has 0 aliphatic heterocycles. The highest BCUT2D eigenvalue weighted by Crippen LogP contribution is 2.29. The van der Waals surface area contributed by atoms with Crippen molar-refractivity contribution in [3.05, 3.63) is 30.9 Å². The van der Waals surface area contributed by atoms with Gasteiger partial charge >= 0.3 is 5.97 Å². The molecule has 6 heteroatoms. The third-order valence-corrected chi connectivity index (χ3v) is 2.47. The Hall–Kier alpha value is -2.21. The van der Waals surface area contributed by atoms with Gasteiger partial charge in [0.1, 0.15) is 13.2 Å². The Kier molecular flexibility index (Phi) is 5.40. The molecule has 0 aliphatic rings. The summed E-state index contributed by atoms with van der Waals surface area (Å²) < 4.78 is 15.3. The molecular weight excluding hydrogens is 262 g/mol. The first-order valence-corrected chi connectivity index (χ1v) is 5.97. The first-order chi connectivity index (χ1) is 9.40. The molecule has 0 saturated heterocycles. The van der Waals surface area contributed by atoms with Crippen molar-refractivity contribution in [3.8, 4) is 11.5 Å².